The molecular formula is C24H40. The van der Waals surface area contributed by atoms with Crippen molar-refractivity contribution in [3.8, 4) is 0 Å². The highest BCUT2D eigenvalue weighted by atomic mass is 14.6. The van der Waals surface area contributed by atoms with Gasteiger partial charge in [0.25, 0.3) is 0 Å². The molecule has 0 heteroatoms. The molecule has 4 saturated carbocycles. The van der Waals surface area contributed by atoms with Crippen LogP contribution in [0.5, 0.6) is 0 Å². The van der Waals surface area contributed by atoms with Gasteiger partial charge in [0.1, 0.15) is 0 Å². The Labute approximate surface area is 150 Å². The highest BCUT2D eigenvalue weighted by Gasteiger charge is 2.57. The van der Waals surface area contributed by atoms with Gasteiger partial charge in [0.15, 0.2) is 0 Å². The lowest BCUT2D eigenvalue weighted by Gasteiger charge is -2.57. The molecule has 4 aliphatic rings. The van der Waals surface area contributed by atoms with Gasteiger partial charge in [0.2, 0.25) is 0 Å². The third kappa shape index (κ3) is 2.45. The minimum atomic E-state index is 0.590. The van der Waals surface area contributed by atoms with Crippen LogP contribution in [0.1, 0.15) is 91.9 Å². The first-order valence-corrected chi connectivity index (χ1v) is 11.0. The zero-order valence-corrected chi connectivity index (χ0v) is 16.7. The van der Waals surface area contributed by atoms with Crippen molar-refractivity contribution in [2.75, 3.05) is 0 Å². The quantitative estimate of drug-likeness (QED) is 0.468. The van der Waals surface area contributed by atoms with Gasteiger partial charge in [-0.15, -0.1) is 0 Å². The van der Waals surface area contributed by atoms with Gasteiger partial charge in [-0.05, 0) is 111 Å². The van der Waals surface area contributed by atoms with Crippen molar-refractivity contribution in [3.63, 3.8) is 0 Å². The highest BCUT2D eigenvalue weighted by molar-refractivity contribution is 5.14. The van der Waals surface area contributed by atoms with Crippen LogP contribution in [0.2, 0.25) is 0 Å². The summed E-state index contributed by atoms with van der Waals surface area (Å²) < 4.78 is 0. The van der Waals surface area contributed by atoms with Crippen LogP contribution in [0, 0.1) is 46.3 Å². The second kappa shape index (κ2) is 5.88. The molecule has 0 aliphatic heterocycles. The van der Waals surface area contributed by atoms with Gasteiger partial charge in [0, 0.05) is 0 Å². The van der Waals surface area contributed by atoms with E-state index in [2.05, 4.69) is 34.3 Å². The van der Waals surface area contributed by atoms with Crippen LogP contribution in [-0.4, -0.2) is 0 Å². The molecule has 4 rings (SSSR count). The number of rotatable bonds is 2. The second-order valence-corrected chi connectivity index (χ2v) is 10.9. The number of hydrogen-bond donors (Lipinski definition) is 0. The molecule has 0 radical (unpaired) electrons. The first-order valence-electron chi connectivity index (χ1n) is 11.0. The lowest BCUT2D eigenvalue weighted by molar-refractivity contribution is -0.0752. The molecule has 0 N–H and O–H groups in total. The smallest absolute Gasteiger partial charge is 0.0152 e. The molecule has 8 atom stereocenters. The first kappa shape index (κ1) is 17.2. The maximum Gasteiger partial charge on any atom is -0.0152 e. The predicted octanol–water partition coefficient (Wildman–Crippen LogP) is 7.25. The standard InChI is InChI=1S/C24H40/c1-6-23(4)13-11-18-17(15-23)7-8-20-19(18)12-14-24(5)21(16(2)3)9-10-22(20)24/h17-22H,2,6-15H2,1,3-5H3/t17?,18?,19?,20?,21?,22?,23-,24?/m0/s1. The van der Waals surface area contributed by atoms with Gasteiger partial charge >= 0.3 is 0 Å². The molecule has 0 aromatic rings. The van der Waals surface area contributed by atoms with Crippen LogP contribution in [0.3, 0.4) is 0 Å². The topological polar surface area (TPSA) is 0 Å². The van der Waals surface area contributed by atoms with E-state index in [0.29, 0.717) is 10.8 Å². The fraction of sp³-hybridized carbons (Fsp3) is 0.917. The average molecular weight is 329 g/mol. The van der Waals surface area contributed by atoms with Gasteiger partial charge in [-0.1, -0.05) is 39.3 Å². The Kier molecular flexibility index (Phi) is 4.21. The van der Waals surface area contributed by atoms with E-state index in [4.69, 9.17) is 0 Å². The van der Waals surface area contributed by atoms with Gasteiger partial charge in [-0.25, -0.2) is 0 Å². The Balaban J connectivity index is 1.54. The lowest BCUT2D eigenvalue weighted by Crippen LogP contribution is -2.49. The Morgan fingerprint density at radius 2 is 1.67 bits per heavy atom. The van der Waals surface area contributed by atoms with Gasteiger partial charge in [0.05, 0.1) is 0 Å². The van der Waals surface area contributed by atoms with Crippen LogP contribution in [0.15, 0.2) is 12.2 Å². The summed E-state index contributed by atoms with van der Waals surface area (Å²) in [7, 11) is 0. The molecule has 0 nitrogen and oxygen atoms in total. The molecule has 0 bridgehead atoms. The van der Waals surface area contributed by atoms with Crippen molar-refractivity contribution in [1.82, 2.24) is 0 Å². The van der Waals surface area contributed by atoms with Crippen LogP contribution < -0.4 is 0 Å². The maximum absolute atomic E-state index is 4.37. The predicted molar refractivity (Wildman–Crippen MR) is 104 cm³/mol. The van der Waals surface area contributed by atoms with E-state index in [-0.39, 0.29) is 0 Å². The Bertz CT molecular complexity index is 504. The monoisotopic (exact) mass is 328 g/mol. The summed E-state index contributed by atoms with van der Waals surface area (Å²) in [6.45, 7) is 14.3. The van der Waals surface area contributed by atoms with E-state index in [1.54, 1.807) is 19.3 Å². The molecule has 136 valence electrons. The van der Waals surface area contributed by atoms with E-state index in [0.717, 1.165) is 35.5 Å². The zero-order valence-electron chi connectivity index (χ0n) is 16.7. The molecular weight excluding hydrogens is 288 g/mol. The van der Waals surface area contributed by atoms with E-state index in [1.165, 1.54) is 50.5 Å². The average Bonchev–Trinajstić information content (AvgIpc) is 2.91. The van der Waals surface area contributed by atoms with Crippen molar-refractivity contribution in [3.05, 3.63) is 12.2 Å². The van der Waals surface area contributed by atoms with Gasteiger partial charge in [-0.3, -0.25) is 0 Å². The fourth-order valence-corrected chi connectivity index (χ4v) is 8.32. The Morgan fingerprint density at radius 1 is 0.917 bits per heavy atom. The van der Waals surface area contributed by atoms with Crippen LogP contribution in [-0.2, 0) is 0 Å². The fourth-order valence-electron chi connectivity index (χ4n) is 8.32. The largest absolute Gasteiger partial charge is 0.0998 e. The summed E-state index contributed by atoms with van der Waals surface area (Å²) in [5.41, 5.74) is 2.73. The third-order valence-corrected chi connectivity index (χ3v) is 9.80. The van der Waals surface area contributed by atoms with Crippen molar-refractivity contribution < 1.29 is 0 Å². The third-order valence-electron chi connectivity index (χ3n) is 9.80. The summed E-state index contributed by atoms with van der Waals surface area (Å²) in [5, 5.41) is 0. The van der Waals surface area contributed by atoms with E-state index in [1.807, 2.05) is 0 Å². The van der Waals surface area contributed by atoms with Crippen molar-refractivity contribution in [2.24, 2.45) is 46.3 Å². The Hall–Kier alpha value is -0.260. The normalized spacial score (nSPS) is 53.8. The molecule has 0 aromatic heterocycles. The summed E-state index contributed by atoms with van der Waals surface area (Å²) in [6, 6.07) is 0. The van der Waals surface area contributed by atoms with Crippen molar-refractivity contribution >= 4 is 0 Å². The molecule has 7 unspecified atom stereocenters. The number of fused-ring (bicyclic) bond motifs is 5. The molecule has 24 heavy (non-hydrogen) atoms. The van der Waals surface area contributed by atoms with E-state index >= 15 is 0 Å². The Morgan fingerprint density at radius 3 is 2.38 bits per heavy atom. The van der Waals surface area contributed by atoms with Crippen LogP contribution in [0.4, 0.5) is 0 Å². The molecule has 0 aromatic carbocycles. The zero-order chi connectivity index (χ0) is 17.1. The summed E-state index contributed by atoms with van der Waals surface area (Å²) in [5.74, 6) is 6.10. The summed E-state index contributed by atoms with van der Waals surface area (Å²) in [6.07, 6.45) is 15.0. The van der Waals surface area contributed by atoms with Crippen molar-refractivity contribution in [2.45, 2.75) is 91.9 Å². The van der Waals surface area contributed by atoms with Crippen LogP contribution in [0.25, 0.3) is 0 Å². The summed E-state index contributed by atoms with van der Waals surface area (Å²) in [4.78, 5) is 0. The van der Waals surface area contributed by atoms with E-state index in [9.17, 15) is 0 Å². The highest BCUT2D eigenvalue weighted by Crippen LogP contribution is 2.66. The number of allylic oxidation sites excluding steroid dienone is 1. The first-order chi connectivity index (χ1) is 11.4. The maximum atomic E-state index is 4.37. The van der Waals surface area contributed by atoms with Crippen LogP contribution >= 0.6 is 0 Å². The summed E-state index contributed by atoms with van der Waals surface area (Å²) >= 11 is 0. The molecule has 0 heterocycles. The molecule has 0 amide bonds. The minimum absolute atomic E-state index is 0.590. The van der Waals surface area contributed by atoms with Gasteiger partial charge < -0.3 is 0 Å². The molecule has 4 aliphatic carbocycles. The molecule has 4 fully saturated rings. The van der Waals surface area contributed by atoms with Gasteiger partial charge in [-0.2, -0.15) is 0 Å². The van der Waals surface area contributed by atoms with Crippen molar-refractivity contribution in [1.29, 1.82) is 0 Å². The van der Waals surface area contributed by atoms with E-state index < -0.39 is 0 Å². The number of hydrogen-bond acceptors (Lipinski definition) is 0. The molecule has 0 saturated heterocycles. The lowest BCUT2D eigenvalue weighted by atomic mass is 9.48. The minimum Gasteiger partial charge on any atom is -0.0998 e. The SMILES string of the molecule is C=C(C)C1CCC2C3CCC4C[C@@](C)(CC)CCC4C3CCC12C. The second-order valence-electron chi connectivity index (χ2n) is 10.9. The molecule has 0 spiro atoms.